The lowest BCUT2D eigenvalue weighted by Crippen LogP contribution is -2.40. The smallest absolute Gasteiger partial charge is 0.410 e. The molecule has 2 aliphatic rings. The molecule has 4 heteroatoms. The van der Waals surface area contributed by atoms with Gasteiger partial charge < -0.3 is 14.7 Å². The number of aliphatic hydroxyl groups excluding tert-OH is 1. The van der Waals surface area contributed by atoms with Gasteiger partial charge in [0.15, 0.2) is 0 Å². The van der Waals surface area contributed by atoms with Crippen molar-refractivity contribution in [2.24, 2.45) is 11.8 Å². The van der Waals surface area contributed by atoms with Gasteiger partial charge in [0.05, 0.1) is 6.10 Å². The van der Waals surface area contributed by atoms with Crippen molar-refractivity contribution in [1.82, 2.24) is 4.90 Å². The van der Waals surface area contributed by atoms with Crippen LogP contribution in [0.3, 0.4) is 0 Å². The molecule has 0 bridgehead atoms. The molecule has 0 aromatic heterocycles. The summed E-state index contributed by atoms with van der Waals surface area (Å²) < 4.78 is 5.37. The highest BCUT2D eigenvalue weighted by Gasteiger charge is 2.41. The fourth-order valence-electron chi connectivity index (χ4n) is 2.79. The highest BCUT2D eigenvalue weighted by Crippen LogP contribution is 2.41. The minimum absolute atomic E-state index is 0.140. The number of amides is 1. The molecule has 17 heavy (non-hydrogen) atoms. The van der Waals surface area contributed by atoms with Crippen molar-refractivity contribution in [2.45, 2.75) is 51.7 Å². The maximum Gasteiger partial charge on any atom is 0.410 e. The van der Waals surface area contributed by atoms with E-state index in [1.807, 2.05) is 20.8 Å². The topological polar surface area (TPSA) is 49.8 Å². The lowest BCUT2D eigenvalue weighted by molar-refractivity contribution is -0.0343. The summed E-state index contributed by atoms with van der Waals surface area (Å²) >= 11 is 0. The van der Waals surface area contributed by atoms with E-state index in [0.717, 1.165) is 25.8 Å². The highest BCUT2D eigenvalue weighted by atomic mass is 16.6. The Morgan fingerprint density at radius 1 is 1.29 bits per heavy atom. The first-order valence-electron chi connectivity index (χ1n) is 6.53. The third-order valence-electron chi connectivity index (χ3n) is 3.80. The van der Waals surface area contributed by atoms with Gasteiger partial charge in [-0.25, -0.2) is 4.79 Å². The van der Waals surface area contributed by atoms with Crippen molar-refractivity contribution in [3.05, 3.63) is 0 Å². The monoisotopic (exact) mass is 241 g/mol. The van der Waals surface area contributed by atoms with Gasteiger partial charge in [0.25, 0.3) is 0 Å². The second-order valence-corrected chi connectivity index (χ2v) is 6.27. The lowest BCUT2D eigenvalue weighted by Gasteiger charge is -2.40. The zero-order chi connectivity index (χ0) is 12.6. The molecule has 3 atom stereocenters. The third kappa shape index (κ3) is 2.92. The number of nitrogens with zero attached hydrogens (tertiary/aromatic N) is 1. The molecule has 1 heterocycles. The van der Waals surface area contributed by atoms with Crippen LogP contribution < -0.4 is 0 Å². The predicted octanol–water partition coefficient (Wildman–Crippen LogP) is 2.01. The van der Waals surface area contributed by atoms with E-state index < -0.39 is 5.60 Å². The molecule has 0 aromatic carbocycles. The van der Waals surface area contributed by atoms with Gasteiger partial charge in [-0.2, -0.15) is 0 Å². The fourth-order valence-corrected chi connectivity index (χ4v) is 2.79. The molecule has 0 radical (unpaired) electrons. The molecular formula is C13H23NO3. The van der Waals surface area contributed by atoms with Gasteiger partial charge in [0.1, 0.15) is 5.60 Å². The summed E-state index contributed by atoms with van der Waals surface area (Å²) in [5, 5.41) is 9.64. The minimum atomic E-state index is -0.429. The summed E-state index contributed by atoms with van der Waals surface area (Å²) in [5.74, 6) is 1.01. The minimum Gasteiger partial charge on any atom is -0.444 e. The molecule has 1 saturated heterocycles. The Morgan fingerprint density at radius 2 is 1.94 bits per heavy atom. The van der Waals surface area contributed by atoms with Crippen LogP contribution in [0.1, 0.15) is 40.0 Å². The molecule has 1 aliphatic carbocycles. The molecule has 1 N–H and O–H groups in total. The van der Waals surface area contributed by atoms with E-state index in [0.29, 0.717) is 18.4 Å². The number of rotatable bonds is 0. The summed E-state index contributed by atoms with van der Waals surface area (Å²) in [5.41, 5.74) is -0.429. The number of fused-ring (bicyclic) bond motifs is 1. The number of aliphatic hydroxyl groups is 1. The van der Waals surface area contributed by atoms with Crippen LogP contribution in [0.2, 0.25) is 0 Å². The van der Waals surface area contributed by atoms with E-state index in [1.165, 1.54) is 0 Å². The second kappa shape index (κ2) is 4.48. The van der Waals surface area contributed by atoms with E-state index >= 15 is 0 Å². The molecule has 0 spiro atoms. The Kier molecular flexibility index (Phi) is 3.34. The summed E-state index contributed by atoms with van der Waals surface area (Å²) in [6, 6.07) is 0. The van der Waals surface area contributed by atoms with E-state index in [9.17, 15) is 9.90 Å². The lowest BCUT2D eigenvalue weighted by atomic mass is 9.68. The van der Waals surface area contributed by atoms with Crippen molar-refractivity contribution in [1.29, 1.82) is 0 Å². The van der Waals surface area contributed by atoms with E-state index in [4.69, 9.17) is 4.74 Å². The van der Waals surface area contributed by atoms with Gasteiger partial charge in [-0.05, 0) is 51.9 Å². The van der Waals surface area contributed by atoms with Crippen LogP contribution in [-0.4, -0.2) is 40.9 Å². The molecule has 3 unspecified atom stereocenters. The molecule has 0 aromatic rings. The highest BCUT2D eigenvalue weighted by molar-refractivity contribution is 5.68. The molecule has 4 nitrogen and oxygen atoms in total. The number of hydrogen-bond acceptors (Lipinski definition) is 3. The average Bonchev–Trinajstić information content (AvgIpc) is 2.33. The number of ether oxygens (including phenoxy) is 1. The molecule has 1 amide bonds. The quantitative estimate of drug-likeness (QED) is 0.706. The number of hydrogen-bond donors (Lipinski definition) is 1. The summed E-state index contributed by atoms with van der Waals surface area (Å²) in [7, 11) is 0. The molecule has 1 saturated carbocycles. The van der Waals surface area contributed by atoms with E-state index in [-0.39, 0.29) is 12.2 Å². The van der Waals surface area contributed by atoms with Gasteiger partial charge in [-0.3, -0.25) is 0 Å². The summed E-state index contributed by atoms with van der Waals surface area (Å²) in [6.45, 7) is 7.14. The number of likely N-dealkylation sites (tertiary alicyclic amines) is 1. The molecule has 2 rings (SSSR count). The van der Waals surface area contributed by atoms with Crippen LogP contribution >= 0.6 is 0 Å². The van der Waals surface area contributed by atoms with E-state index in [2.05, 4.69) is 0 Å². The van der Waals surface area contributed by atoms with Crippen LogP contribution in [0.5, 0.6) is 0 Å². The van der Waals surface area contributed by atoms with Gasteiger partial charge >= 0.3 is 6.09 Å². The Hall–Kier alpha value is -0.770. The summed E-state index contributed by atoms with van der Waals surface area (Å²) in [4.78, 5) is 13.7. The van der Waals surface area contributed by atoms with E-state index in [1.54, 1.807) is 4.90 Å². The Labute approximate surface area is 103 Å². The van der Waals surface area contributed by atoms with Crippen LogP contribution in [-0.2, 0) is 4.74 Å². The maximum absolute atomic E-state index is 11.9. The second-order valence-electron chi connectivity index (χ2n) is 6.27. The average molecular weight is 241 g/mol. The third-order valence-corrected chi connectivity index (χ3v) is 3.80. The Bertz CT molecular complexity index is 298. The number of carbonyl (C=O) groups excluding carboxylic acids is 1. The van der Waals surface area contributed by atoms with Crippen molar-refractivity contribution >= 4 is 6.09 Å². The van der Waals surface area contributed by atoms with Crippen molar-refractivity contribution in [3.8, 4) is 0 Å². The first kappa shape index (κ1) is 12.7. The predicted molar refractivity (Wildman–Crippen MR) is 64.6 cm³/mol. The van der Waals surface area contributed by atoms with Gasteiger partial charge in [0.2, 0.25) is 0 Å². The van der Waals surface area contributed by atoms with Crippen LogP contribution in [0, 0.1) is 11.8 Å². The zero-order valence-corrected chi connectivity index (χ0v) is 11.0. The molecule has 1 aliphatic heterocycles. The van der Waals surface area contributed by atoms with Gasteiger partial charge in [0, 0.05) is 13.1 Å². The number of carbonyl (C=O) groups is 1. The standard InChI is InChI=1S/C13H23NO3/c1-13(2,3)17-12(16)14-6-4-9-8-11(15)10(9)5-7-14/h9-11,15H,4-8H2,1-3H3. The molecule has 2 fully saturated rings. The van der Waals surface area contributed by atoms with Crippen LogP contribution in [0.25, 0.3) is 0 Å². The first-order valence-corrected chi connectivity index (χ1v) is 6.53. The Morgan fingerprint density at radius 3 is 2.53 bits per heavy atom. The SMILES string of the molecule is CC(C)(C)OC(=O)N1CCC2CC(O)C2CC1. The normalized spacial score (nSPS) is 33.4. The first-order chi connectivity index (χ1) is 7.87. The van der Waals surface area contributed by atoms with Crippen molar-refractivity contribution in [2.75, 3.05) is 13.1 Å². The molecule has 98 valence electrons. The fraction of sp³-hybridized carbons (Fsp3) is 0.923. The van der Waals surface area contributed by atoms with Crippen molar-refractivity contribution in [3.63, 3.8) is 0 Å². The molecular weight excluding hydrogens is 218 g/mol. The summed E-state index contributed by atoms with van der Waals surface area (Å²) in [6.07, 6.45) is 2.46. The van der Waals surface area contributed by atoms with Gasteiger partial charge in [-0.15, -0.1) is 0 Å². The largest absolute Gasteiger partial charge is 0.444 e. The maximum atomic E-state index is 11.9. The van der Waals surface area contributed by atoms with Crippen LogP contribution in [0.4, 0.5) is 4.79 Å². The Balaban J connectivity index is 1.88. The van der Waals surface area contributed by atoms with Crippen molar-refractivity contribution < 1.29 is 14.6 Å². The van der Waals surface area contributed by atoms with Crippen LogP contribution in [0.15, 0.2) is 0 Å². The van der Waals surface area contributed by atoms with Gasteiger partial charge in [-0.1, -0.05) is 0 Å². The zero-order valence-electron chi connectivity index (χ0n) is 11.0.